The number of rotatable bonds is 5. The summed E-state index contributed by atoms with van der Waals surface area (Å²) in [4.78, 5) is 9.87. The molecule has 0 unspecified atom stereocenters. The van der Waals surface area contributed by atoms with Crippen LogP contribution in [0.2, 0.25) is 0 Å². The smallest absolute Gasteiger partial charge is 0.191 e. The summed E-state index contributed by atoms with van der Waals surface area (Å²) in [6, 6.07) is 8.10. The summed E-state index contributed by atoms with van der Waals surface area (Å²) in [6.07, 6.45) is 2.81. The lowest BCUT2D eigenvalue weighted by molar-refractivity contribution is 0.534. The number of thiazole rings is 1. The van der Waals surface area contributed by atoms with Crippen LogP contribution in [0.3, 0.4) is 0 Å². The van der Waals surface area contributed by atoms with Crippen LogP contribution in [0.1, 0.15) is 21.2 Å². The molecule has 3 rings (SSSR count). The third-order valence-electron chi connectivity index (χ3n) is 3.88. The molecule has 3 aromatic rings. The molecule has 2 heterocycles. The predicted octanol–water partition coefficient (Wildman–Crippen LogP) is 4.03. The molecule has 0 fully saturated rings. The average Bonchev–Trinajstić information content (AvgIpc) is 3.15. The van der Waals surface area contributed by atoms with Gasteiger partial charge in [-0.15, -0.1) is 35.3 Å². The number of halogens is 1. The van der Waals surface area contributed by atoms with Gasteiger partial charge in [-0.25, -0.2) is 4.98 Å². The van der Waals surface area contributed by atoms with E-state index in [1.807, 2.05) is 24.4 Å². The maximum atomic E-state index is 5.92. The van der Waals surface area contributed by atoms with Crippen molar-refractivity contribution < 1.29 is 4.42 Å². The topological polar surface area (TPSA) is 62.5 Å². The predicted molar refractivity (Wildman–Crippen MR) is 115 cm³/mol. The van der Waals surface area contributed by atoms with Crippen LogP contribution in [0.15, 0.2) is 39.9 Å². The summed E-state index contributed by atoms with van der Waals surface area (Å²) >= 11 is 1.74. The van der Waals surface area contributed by atoms with Crippen molar-refractivity contribution in [1.82, 2.24) is 15.6 Å². The van der Waals surface area contributed by atoms with Gasteiger partial charge >= 0.3 is 0 Å². The minimum atomic E-state index is 0. The first-order chi connectivity index (χ1) is 11.7. The molecule has 0 atom stereocenters. The van der Waals surface area contributed by atoms with Crippen molar-refractivity contribution in [3.63, 3.8) is 0 Å². The van der Waals surface area contributed by atoms with Gasteiger partial charge in [-0.1, -0.05) is 18.2 Å². The quantitative estimate of drug-likeness (QED) is 0.336. The molecule has 25 heavy (non-hydrogen) atoms. The van der Waals surface area contributed by atoms with E-state index in [1.165, 1.54) is 10.4 Å². The van der Waals surface area contributed by atoms with E-state index < -0.39 is 0 Å². The second-order valence-corrected chi connectivity index (χ2v) is 6.93. The molecule has 7 heteroatoms. The molecule has 2 aromatic heterocycles. The molecule has 0 saturated carbocycles. The Hall–Kier alpha value is -1.61. The van der Waals surface area contributed by atoms with Crippen molar-refractivity contribution in [1.29, 1.82) is 0 Å². The second-order valence-electron chi connectivity index (χ2n) is 5.61. The van der Waals surface area contributed by atoms with Gasteiger partial charge in [-0.3, -0.25) is 4.99 Å². The molecule has 0 saturated heterocycles. The van der Waals surface area contributed by atoms with Crippen LogP contribution in [0.5, 0.6) is 0 Å². The van der Waals surface area contributed by atoms with E-state index in [1.54, 1.807) is 18.4 Å². The van der Waals surface area contributed by atoms with Crippen LogP contribution in [-0.4, -0.2) is 24.5 Å². The van der Waals surface area contributed by atoms with Crippen molar-refractivity contribution in [2.45, 2.75) is 26.8 Å². The van der Waals surface area contributed by atoms with Crippen molar-refractivity contribution in [3.05, 3.63) is 51.7 Å². The van der Waals surface area contributed by atoms with Crippen LogP contribution in [-0.2, 0) is 13.0 Å². The van der Waals surface area contributed by atoms with E-state index in [9.17, 15) is 0 Å². The molecule has 0 radical (unpaired) electrons. The fourth-order valence-electron chi connectivity index (χ4n) is 2.58. The van der Waals surface area contributed by atoms with E-state index in [4.69, 9.17) is 4.42 Å². The fourth-order valence-corrected chi connectivity index (χ4v) is 3.37. The zero-order valence-corrected chi connectivity index (χ0v) is 17.8. The Bertz CT molecular complexity index is 856. The van der Waals surface area contributed by atoms with Crippen molar-refractivity contribution in [2.75, 3.05) is 13.6 Å². The number of fused-ring (bicyclic) bond motifs is 1. The van der Waals surface area contributed by atoms with Gasteiger partial charge in [-0.05, 0) is 19.9 Å². The molecule has 1 aromatic carbocycles. The number of nitrogens with zero attached hydrogens (tertiary/aromatic N) is 2. The number of aromatic nitrogens is 1. The highest BCUT2D eigenvalue weighted by Crippen LogP contribution is 2.24. The monoisotopic (exact) mass is 470 g/mol. The van der Waals surface area contributed by atoms with Gasteiger partial charge in [0.1, 0.15) is 11.3 Å². The van der Waals surface area contributed by atoms with Gasteiger partial charge in [0, 0.05) is 42.0 Å². The highest BCUT2D eigenvalue weighted by atomic mass is 127. The van der Waals surface area contributed by atoms with E-state index in [2.05, 4.69) is 40.5 Å². The van der Waals surface area contributed by atoms with Gasteiger partial charge in [0.05, 0.1) is 11.6 Å². The zero-order chi connectivity index (χ0) is 16.9. The summed E-state index contributed by atoms with van der Waals surface area (Å²) < 4.78 is 5.92. The first kappa shape index (κ1) is 19.7. The molecular formula is C18H23IN4OS. The third kappa shape index (κ3) is 4.94. The summed E-state index contributed by atoms with van der Waals surface area (Å²) in [6.45, 7) is 5.57. The van der Waals surface area contributed by atoms with Crippen molar-refractivity contribution >= 4 is 52.2 Å². The normalized spacial score (nSPS) is 11.4. The van der Waals surface area contributed by atoms with Gasteiger partial charge in [-0.2, -0.15) is 0 Å². The summed E-state index contributed by atoms with van der Waals surface area (Å²) in [5.41, 5.74) is 2.10. The van der Waals surface area contributed by atoms with E-state index >= 15 is 0 Å². The molecule has 0 spiro atoms. The maximum absolute atomic E-state index is 5.92. The number of aliphatic imine (C=N–C) groups is 1. The summed E-state index contributed by atoms with van der Waals surface area (Å²) in [5, 5.41) is 8.93. The number of nitrogens with one attached hydrogen (secondary N) is 2. The summed E-state index contributed by atoms with van der Waals surface area (Å²) in [7, 11) is 1.77. The van der Waals surface area contributed by atoms with Crippen LogP contribution < -0.4 is 10.6 Å². The van der Waals surface area contributed by atoms with E-state index in [0.29, 0.717) is 6.54 Å². The molecule has 5 nitrogen and oxygen atoms in total. The fraction of sp³-hybridized carbons (Fsp3) is 0.333. The summed E-state index contributed by atoms with van der Waals surface area (Å²) in [5.74, 6) is 1.71. The number of furan rings is 1. The lowest BCUT2D eigenvalue weighted by Crippen LogP contribution is -2.37. The minimum Gasteiger partial charge on any atom is -0.459 e. The third-order valence-corrected chi connectivity index (χ3v) is 4.86. The molecule has 0 aliphatic carbocycles. The molecule has 134 valence electrons. The number of hydrogen-bond donors (Lipinski definition) is 2. The lowest BCUT2D eigenvalue weighted by atomic mass is 10.1. The Kier molecular flexibility index (Phi) is 7.24. The highest BCUT2D eigenvalue weighted by Gasteiger charge is 2.10. The van der Waals surface area contributed by atoms with E-state index in [0.717, 1.165) is 40.7 Å². The Balaban J connectivity index is 0.00000225. The SMILES string of the molecule is CN=C(NCCc1ncc(C)s1)NCc1oc2ccccc2c1C.I. The molecule has 0 aliphatic rings. The first-order valence-electron chi connectivity index (χ1n) is 8.00. The van der Waals surface area contributed by atoms with Crippen LogP contribution in [0.4, 0.5) is 0 Å². The lowest BCUT2D eigenvalue weighted by Gasteiger charge is -2.10. The minimum absolute atomic E-state index is 0. The highest BCUT2D eigenvalue weighted by molar-refractivity contribution is 14.0. The molecule has 0 aliphatic heterocycles. The number of guanidine groups is 1. The largest absolute Gasteiger partial charge is 0.459 e. The van der Waals surface area contributed by atoms with Crippen LogP contribution in [0, 0.1) is 13.8 Å². The van der Waals surface area contributed by atoms with Gasteiger partial charge in [0.25, 0.3) is 0 Å². The Morgan fingerprint density at radius 2 is 2.04 bits per heavy atom. The second kappa shape index (κ2) is 9.19. The molecule has 0 bridgehead atoms. The number of hydrogen-bond acceptors (Lipinski definition) is 4. The van der Waals surface area contributed by atoms with Crippen molar-refractivity contribution in [2.24, 2.45) is 4.99 Å². The zero-order valence-electron chi connectivity index (χ0n) is 14.6. The average molecular weight is 470 g/mol. The number of para-hydroxylation sites is 1. The van der Waals surface area contributed by atoms with Gasteiger partial charge in [0.2, 0.25) is 0 Å². The first-order valence-corrected chi connectivity index (χ1v) is 8.82. The van der Waals surface area contributed by atoms with Crippen LogP contribution >= 0.6 is 35.3 Å². The van der Waals surface area contributed by atoms with Gasteiger partial charge < -0.3 is 15.1 Å². The Labute approximate surface area is 169 Å². The maximum Gasteiger partial charge on any atom is 0.191 e. The molecular weight excluding hydrogens is 447 g/mol. The Morgan fingerprint density at radius 1 is 1.24 bits per heavy atom. The van der Waals surface area contributed by atoms with Crippen molar-refractivity contribution in [3.8, 4) is 0 Å². The van der Waals surface area contributed by atoms with E-state index in [-0.39, 0.29) is 24.0 Å². The number of aryl methyl sites for hydroxylation is 2. The number of benzene rings is 1. The van der Waals surface area contributed by atoms with Crippen LogP contribution in [0.25, 0.3) is 11.0 Å². The molecule has 2 N–H and O–H groups in total. The molecule has 0 amide bonds. The standard InChI is InChI=1S/C18H22N4OS.HI/c1-12-10-21-17(24-12)8-9-20-18(19-3)22-11-16-13(2)14-6-4-5-7-15(14)23-16;/h4-7,10H,8-9,11H2,1-3H3,(H2,19,20,22);1H. The Morgan fingerprint density at radius 3 is 2.72 bits per heavy atom. The van der Waals surface area contributed by atoms with Gasteiger partial charge in [0.15, 0.2) is 5.96 Å².